The van der Waals surface area contributed by atoms with E-state index in [4.69, 9.17) is 0 Å². The Labute approximate surface area is 150 Å². The molecule has 2 aliphatic rings. The predicted octanol–water partition coefficient (Wildman–Crippen LogP) is 1.71. The second-order valence-electron chi connectivity index (χ2n) is 6.88. The Morgan fingerprint density at radius 3 is 3.00 bits per heavy atom. The fourth-order valence-electron chi connectivity index (χ4n) is 3.53. The van der Waals surface area contributed by atoms with Crippen molar-refractivity contribution in [3.63, 3.8) is 0 Å². The molecule has 25 heavy (non-hydrogen) atoms. The van der Waals surface area contributed by atoms with Gasteiger partial charge in [0.1, 0.15) is 12.1 Å². The number of thiophene rings is 1. The smallest absolute Gasteiger partial charge is 0.225 e. The lowest BCUT2D eigenvalue weighted by Crippen LogP contribution is -2.44. The molecule has 2 aromatic heterocycles. The quantitative estimate of drug-likeness (QED) is 0.851. The number of amides is 1. The third kappa shape index (κ3) is 3.82. The van der Waals surface area contributed by atoms with Gasteiger partial charge in [-0.3, -0.25) is 4.79 Å². The van der Waals surface area contributed by atoms with E-state index in [-0.39, 0.29) is 18.1 Å². The molecule has 1 atom stereocenters. The summed E-state index contributed by atoms with van der Waals surface area (Å²) >= 11 is 1.61. The minimum Gasteiger partial charge on any atom is -0.391 e. The van der Waals surface area contributed by atoms with Crippen molar-refractivity contribution in [3.05, 3.63) is 40.5 Å². The normalized spacial score (nSPS) is 25.6. The highest BCUT2D eigenvalue weighted by atomic mass is 32.1. The Morgan fingerprint density at radius 2 is 2.28 bits per heavy atom. The lowest BCUT2D eigenvalue weighted by Gasteiger charge is -2.35. The number of β-amino-alcohol motifs (C(OH)–C–C–N with tert-alkyl or cyclic N) is 1. The number of rotatable bonds is 5. The Kier molecular flexibility index (Phi) is 4.67. The van der Waals surface area contributed by atoms with Gasteiger partial charge >= 0.3 is 0 Å². The molecule has 0 unspecified atom stereocenters. The first kappa shape index (κ1) is 16.5. The van der Waals surface area contributed by atoms with E-state index in [9.17, 15) is 9.90 Å². The van der Waals surface area contributed by atoms with Gasteiger partial charge < -0.3 is 15.3 Å². The Balaban J connectivity index is 1.29. The van der Waals surface area contributed by atoms with Gasteiger partial charge in [0.15, 0.2) is 0 Å². The zero-order chi connectivity index (χ0) is 17.2. The second-order valence-corrected chi connectivity index (χ2v) is 7.91. The molecule has 1 saturated heterocycles. The lowest BCUT2D eigenvalue weighted by atomic mass is 9.78. The van der Waals surface area contributed by atoms with Crippen molar-refractivity contribution in [2.75, 3.05) is 18.0 Å². The van der Waals surface area contributed by atoms with E-state index in [0.717, 1.165) is 42.2 Å². The van der Waals surface area contributed by atoms with E-state index < -0.39 is 0 Å². The van der Waals surface area contributed by atoms with Crippen LogP contribution >= 0.6 is 11.3 Å². The van der Waals surface area contributed by atoms with E-state index >= 15 is 0 Å². The minimum absolute atomic E-state index is 0.0975. The van der Waals surface area contributed by atoms with Crippen molar-refractivity contribution < 1.29 is 9.90 Å². The number of nitrogens with one attached hydrogen (secondary N) is 1. The first-order valence-corrected chi connectivity index (χ1v) is 9.62. The molecule has 7 heteroatoms. The molecule has 4 rings (SSSR count). The minimum atomic E-state index is -0.259. The van der Waals surface area contributed by atoms with Crippen molar-refractivity contribution in [1.29, 1.82) is 0 Å². The van der Waals surface area contributed by atoms with E-state index in [1.165, 1.54) is 0 Å². The molecule has 0 bridgehead atoms. The molecule has 2 fully saturated rings. The summed E-state index contributed by atoms with van der Waals surface area (Å²) in [6.45, 7) is 1.48. The maximum atomic E-state index is 12.1. The van der Waals surface area contributed by atoms with Crippen LogP contribution in [-0.4, -0.2) is 46.2 Å². The molecule has 2 aromatic rings. The average Bonchev–Trinajstić information content (AvgIpc) is 3.22. The molecule has 0 radical (unpaired) electrons. The number of aliphatic hydroxyl groups is 1. The number of nitrogens with zero attached hydrogens (tertiary/aromatic N) is 3. The largest absolute Gasteiger partial charge is 0.391 e. The van der Waals surface area contributed by atoms with Crippen LogP contribution in [0, 0.1) is 0 Å². The molecular weight excluding hydrogens is 336 g/mol. The molecule has 1 aliphatic carbocycles. The van der Waals surface area contributed by atoms with Crippen LogP contribution in [0.3, 0.4) is 0 Å². The average molecular weight is 358 g/mol. The molecular formula is C18H22N4O2S. The fraction of sp³-hybridized carbons (Fsp3) is 0.500. The van der Waals surface area contributed by atoms with Gasteiger partial charge in [-0.25, -0.2) is 9.97 Å². The highest BCUT2D eigenvalue weighted by molar-refractivity contribution is 7.10. The zero-order valence-corrected chi connectivity index (χ0v) is 14.8. The Bertz CT molecular complexity index is 730. The molecule has 1 aliphatic heterocycles. The monoisotopic (exact) mass is 358 g/mol. The predicted molar refractivity (Wildman–Crippen MR) is 96.8 cm³/mol. The van der Waals surface area contributed by atoms with Crippen LogP contribution in [0.5, 0.6) is 0 Å². The zero-order valence-electron chi connectivity index (χ0n) is 14.0. The summed E-state index contributed by atoms with van der Waals surface area (Å²) < 4.78 is 0. The Hall–Kier alpha value is -1.99. The molecule has 3 heterocycles. The van der Waals surface area contributed by atoms with Crippen molar-refractivity contribution >= 4 is 23.1 Å². The molecule has 1 amide bonds. The number of carbonyl (C=O) groups excluding carboxylic acids is 1. The summed E-state index contributed by atoms with van der Waals surface area (Å²) in [7, 11) is 0. The SMILES string of the molecule is O=C(Cc1cccs1)NC1CC(c2cc(N3CC[C@H](O)C3)ncn2)C1. The van der Waals surface area contributed by atoms with Gasteiger partial charge in [0.2, 0.25) is 5.91 Å². The van der Waals surface area contributed by atoms with Gasteiger partial charge in [-0.15, -0.1) is 11.3 Å². The number of aliphatic hydroxyl groups excluding tert-OH is 1. The van der Waals surface area contributed by atoms with Gasteiger partial charge in [-0.2, -0.15) is 0 Å². The van der Waals surface area contributed by atoms with E-state index in [1.807, 2.05) is 23.6 Å². The van der Waals surface area contributed by atoms with Crippen LogP contribution in [-0.2, 0) is 11.2 Å². The van der Waals surface area contributed by atoms with Crippen LogP contribution in [0.25, 0.3) is 0 Å². The van der Waals surface area contributed by atoms with Gasteiger partial charge in [0.05, 0.1) is 12.5 Å². The summed E-state index contributed by atoms with van der Waals surface area (Å²) in [4.78, 5) is 24.0. The maximum Gasteiger partial charge on any atom is 0.225 e. The lowest BCUT2D eigenvalue weighted by molar-refractivity contribution is -0.121. The number of carbonyl (C=O) groups is 1. The van der Waals surface area contributed by atoms with Crippen LogP contribution in [0.2, 0.25) is 0 Å². The van der Waals surface area contributed by atoms with Crippen molar-refractivity contribution in [1.82, 2.24) is 15.3 Å². The second kappa shape index (κ2) is 7.09. The summed E-state index contributed by atoms with van der Waals surface area (Å²) in [5, 5.41) is 14.8. The molecule has 132 valence electrons. The van der Waals surface area contributed by atoms with Crippen LogP contribution in [0.4, 0.5) is 5.82 Å². The van der Waals surface area contributed by atoms with Gasteiger partial charge in [0.25, 0.3) is 0 Å². The van der Waals surface area contributed by atoms with Crippen molar-refractivity contribution in [2.45, 2.75) is 43.7 Å². The summed E-state index contributed by atoms with van der Waals surface area (Å²) in [5.74, 6) is 1.37. The third-order valence-corrected chi connectivity index (χ3v) is 5.87. The van der Waals surface area contributed by atoms with Crippen molar-refractivity contribution in [2.24, 2.45) is 0 Å². The fourth-order valence-corrected chi connectivity index (χ4v) is 4.24. The number of hydrogen-bond acceptors (Lipinski definition) is 6. The van der Waals surface area contributed by atoms with E-state index in [0.29, 0.717) is 18.9 Å². The van der Waals surface area contributed by atoms with E-state index in [1.54, 1.807) is 17.7 Å². The maximum absolute atomic E-state index is 12.1. The summed E-state index contributed by atoms with van der Waals surface area (Å²) in [6, 6.07) is 6.24. The number of hydrogen-bond donors (Lipinski definition) is 2. The third-order valence-electron chi connectivity index (χ3n) is 5.00. The standard InChI is InChI=1S/C18H22N4O2S/c23-14-3-4-22(10-14)17-9-16(19-11-20-17)12-6-13(7-12)21-18(24)8-15-2-1-5-25-15/h1-2,5,9,11-14,23H,3-4,6-8,10H2,(H,21,24)/t12?,13?,14-/m0/s1. The Morgan fingerprint density at radius 1 is 1.40 bits per heavy atom. The highest BCUT2D eigenvalue weighted by Gasteiger charge is 2.33. The number of aromatic nitrogens is 2. The molecule has 1 saturated carbocycles. The van der Waals surface area contributed by atoms with Gasteiger partial charge in [0, 0.05) is 41.7 Å². The van der Waals surface area contributed by atoms with Crippen molar-refractivity contribution in [3.8, 4) is 0 Å². The molecule has 0 aromatic carbocycles. The highest BCUT2D eigenvalue weighted by Crippen LogP contribution is 2.36. The first-order chi connectivity index (χ1) is 12.2. The number of anilines is 1. The van der Waals surface area contributed by atoms with Crippen LogP contribution in [0.1, 0.15) is 35.8 Å². The van der Waals surface area contributed by atoms with Crippen LogP contribution < -0.4 is 10.2 Å². The summed E-state index contributed by atoms with van der Waals surface area (Å²) in [5.41, 5.74) is 1.04. The summed E-state index contributed by atoms with van der Waals surface area (Å²) in [6.07, 6.45) is 4.46. The topological polar surface area (TPSA) is 78.4 Å². The van der Waals surface area contributed by atoms with Gasteiger partial charge in [-0.05, 0) is 30.7 Å². The van der Waals surface area contributed by atoms with Gasteiger partial charge in [-0.1, -0.05) is 6.07 Å². The molecule has 2 N–H and O–H groups in total. The molecule has 0 spiro atoms. The molecule has 6 nitrogen and oxygen atoms in total. The van der Waals surface area contributed by atoms with Crippen LogP contribution in [0.15, 0.2) is 29.9 Å². The first-order valence-electron chi connectivity index (χ1n) is 8.74. The van der Waals surface area contributed by atoms with E-state index in [2.05, 4.69) is 20.2 Å².